The number of rotatable bonds is 6. The lowest BCUT2D eigenvalue weighted by molar-refractivity contribution is -0.159. The van der Waals surface area contributed by atoms with Gasteiger partial charge in [-0.15, -0.1) is 3.89 Å². The van der Waals surface area contributed by atoms with Crippen LogP contribution in [0.3, 0.4) is 0 Å². The maximum Gasteiger partial charge on any atom is 0.340 e. The van der Waals surface area contributed by atoms with Crippen LogP contribution in [0.4, 0.5) is 13.5 Å². The molecule has 3 aliphatic heterocycles. The van der Waals surface area contributed by atoms with Gasteiger partial charge in [-0.05, 0) is 37.5 Å². The number of nitrogens with zero attached hydrogens (tertiary/aromatic N) is 4. The SMILES string of the molecule is CCCN1C(=O)CC(=O)N(C2CCC(C)(CN3C(=O)N(SF)C(=O)C34COC4)CC2)C1=O. The molecular formula is C20H27FN4O6S. The number of hydrogen-bond donors (Lipinski definition) is 0. The number of imide groups is 3. The summed E-state index contributed by atoms with van der Waals surface area (Å²) >= 11 is -0.388. The second kappa shape index (κ2) is 8.29. The lowest BCUT2D eigenvalue weighted by Gasteiger charge is -2.48. The van der Waals surface area contributed by atoms with Crippen LogP contribution < -0.4 is 0 Å². The van der Waals surface area contributed by atoms with Crippen molar-refractivity contribution >= 4 is 42.1 Å². The summed E-state index contributed by atoms with van der Waals surface area (Å²) in [4.78, 5) is 66.4. The van der Waals surface area contributed by atoms with Gasteiger partial charge < -0.3 is 9.64 Å². The Kier molecular flexibility index (Phi) is 5.95. The number of hydrogen-bond acceptors (Lipinski definition) is 7. The summed E-state index contributed by atoms with van der Waals surface area (Å²) in [5, 5.41) is 0. The summed E-state index contributed by atoms with van der Waals surface area (Å²) in [6.07, 6.45) is 2.59. The molecule has 4 aliphatic rings. The van der Waals surface area contributed by atoms with E-state index in [1.165, 1.54) is 9.80 Å². The van der Waals surface area contributed by atoms with Gasteiger partial charge in [0, 0.05) is 19.1 Å². The molecule has 0 unspecified atom stereocenters. The minimum atomic E-state index is -1.14. The molecule has 0 aromatic heterocycles. The van der Waals surface area contributed by atoms with Crippen molar-refractivity contribution in [2.24, 2.45) is 5.41 Å². The molecule has 0 aromatic rings. The maximum atomic E-state index is 13.2. The van der Waals surface area contributed by atoms with Crippen molar-refractivity contribution in [3.05, 3.63) is 0 Å². The molecule has 1 saturated carbocycles. The topological polar surface area (TPSA) is 108 Å². The molecule has 176 valence electrons. The van der Waals surface area contributed by atoms with Crippen molar-refractivity contribution in [2.45, 2.75) is 64.0 Å². The summed E-state index contributed by atoms with van der Waals surface area (Å²) in [7, 11) is 0. The molecule has 4 rings (SSSR count). The molecule has 10 nitrogen and oxygen atoms in total. The van der Waals surface area contributed by atoms with Crippen molar-refractivity contribution in [2.75, 3.05) is 26.3 Å². The molecule has 0 aromatic carbocycles. The van der Waals surface area contributed by atoms with Crippen molar-refractivity contribution in [1.82, 2.24) is 19.0 Å². The number of carbonyl (C=O) groups is 5. The van der Waals surface area contributed by atoms with Gasteiger partial charge in [0.05, 0.1) is 13.2 Å². The molecule has 4 fully saturated rings. The average Bonchev–Trinajstić information content (AvgIpc) is 2.92. The summed E-state index contributed by atoms with van der Waals surface area (Å²) in [5.41, 5.74) is -1.51. The van der Waals surface area contributed by atoms with Crippen LogP contribution in [0, 0.1) is 5.41 Å². The van der Waals surface area contributed by atoms with Crippen LogP contribution in [0.1, 0.15) is 52.4 Å². The second-order valence-electron chi connectivity index (χ2n) is 9.37. The third-order valence-electron chi connectivity index (χ3n) is 7.08. The van der Waals surface area contributed by atoms with Gasteiger partial charge in [-0.25, -0.2) is 9.59 Å². The van der Waals surface area contributed by atoms with E-state index in [1.807, 2.05) is 13.8 Å². The summed E-state index contributed by atoms with van der Waals surface area (Å²) < 4.78 is 19.0. The first-order chi connectivity index (χ1) is 15.2. The van der Waals surface area contributed by atoms with E-state index in [4.69, 9.17) is 4.74 Å². The molecule has 0 bridgehead atoms. The van der Waals surface area contributed by atoms with Gasteiger partial charge in [-0.2, -0.15) is 4.31 Å². The Hall–Kier alpha value is -2.21. The fourth-order valence-corrected chi connectivity index (χ4v) is 5.48. The Morgan fingerprint density at radius 3 is 2.25 bits per heavy atom. The van der Waals surface area contributed by atoms with Crippen molar-refractivity contribution in [3.8, 4) is 0 Å². The maximum absolute atomic E-state index is 13.2. The summed E-state index contributed by atoms with van der Waals surface area (Å²) in [5.74, 6) is -1.52. The van der Waals surface area contributed by atoms with E-state index >= 15 is 0 Å². The molecule has 7 amide bonds. The van der Waals surface area contributed by atoms with Gasteiger partial charge in [-0.1, -0.05) is 13.8 Å². The zero-order chi connectivity index (χ0) is 23.3. The quantitative estimate of drug-likeness (QED) is 0.332. The lowest BCUT2D eigenvalue weighted by Crippen LogP contribution is -2.65. The van der Waals surface area contributed by atoms with Crippen molar-refractivity contribution in [1.29, 1.82) is 0 Å². The number of urea groups is 2. The highest BCUT2D eigenvalue weighted by atomic mass is 32.2. The van der Waals surface area contributed by atoms with E-state index in [0.29, 0.717) is 36.4 Å². The monoisotopic (exact) mass is 470 g/mol. The van der Waals surface area contributed by atoms with E-state index in [0.717, 1.165) is 4.90 Å². The van der Waals surface area contributed by atoms with Gasteiger partial charge in [-0.3, -0.25) is 24.2 Å². The van der Waals surface area contributed by atoms with Gasteiger partial charge in [0.15, 0.2) is 17.9 Å². The highest BCUT2D eigenvalue weighted by Crippen LogP contribution is 2.44. The van der Waals surface area contributed by atoms with Crippen LogP contribution in [0.2, 0.25) is 0 Å². The van der Waals surface area contributed by atoms with Gasteiger partial charge >= 0.3 is 12.1 Å². The number of barbiturate groups is 1. The minimum absolute atomic E-state index is 0.0470. The molecule has 3 saturated heterocycles. The number of carbonyl (C=O) groups excluding carboxylic acids is 5. The first-order valence-corrected chi connectivity index (χ1v) is 11.5. The molecular weight excluding hydrogens is 443 g/mol. The highest BCUT2D eigenvalue weighted by Gasteiger charge is 2.63. The number of halogens is 1. The van der Waals surface area contributed by atoms with Gasteiger partial charge in [0.1, 0.15) is 6.42 Å². The Bertz CT molecular complexity index is 857. The van der Waals surface area contributed by atoms with Crippen LogP contribution in [0.15, 0.2) is 0 Å². The normalized spacial score (nSPS) is 30.6. The first-order valence-electron chi connectivity index (χ1n) is 10.9. The molecule has 1 spiro atoms. The van der Waals surface area contributed by atoms with E-state index in [9.17, 15) is 27.9 Å². The molecule has 0 atom stereocenters. The van der Waals surface area contributed by atoms with Gasteiger partial charge in [0.2, 0.25) is 11.8 Å². The van der Waals surface area contributed by atoms with E-state index < -0.39 is 35.3 Å². The van der Waals surface area contributed by atoms with E-state index in [1.54, 1.807) is 0 Å². The Labute approximate surface area is 189 Å². The predicted octanol–water partition coefficient (Wildman–Crippen LogP) is 2.09. The molecule has 12 heteroatoms. The molecule has 0 radical (unpaired) electrons. The predicted molar refractivity (Wildman–Crippen MR) is 110 cm³/mol. The van der Waals surface area contributed by atoms with E-state index in [-0.39, 0.29) is 56.5 Å². The fraction of sp³-hybridized carbons (Fsp3) is 0.750. The standard InChI is InChI=1S/C20H27FN4O6S/c1-3-8-22-14(26)9-15(27)24(17(22)29)13-4-6-19(2,7-5-13)10-23-18(30)25(32-21)16(28)20(23)11-31-12-20/h13H,3-12H2,1-2H3. The van der Waals surface area contributed by atoms with Crippen LogP contribution in [-0.4, -0.2) is 86.7 Å². The molecule has 0 N–H and O–H groups in total. The smallest absolute Gasteiger partial charge is 0.340 e. The molecule has 1 aliphatic carbocycles. The Morgan fingerprint density at radius 1 is 1.06 bits per heavy atom. The highest BCUT2D eigenvalue weighted by molar-refractivity contribution is 7.93. The third-order valence-corrected chi connectivity index (χ3v) is 7.54. The van der Waals surface area contributed by atoms with Crippen LogP contribution >= 0.6 is 12.3 Å². The van der Waals surface area contributed by atoms with Crippen LogP contribution in [-0.2, 0) is 19.1 Å². The first kappa shape index (κ1) is 23.0. The van der Waals surface area contributed by atoms with Gasteiger partial charge in [0.25, 0.3) is 5.91 Å². The largest absolute Gasteiger partial charge is 0.375 e. The average molecular weight is 471 g/mol. The zero-order valence-electron chi connectivity index (χ0n) is 18.2. The molecule has 32 heavy (non-hydrogen) atoms. The Balaban J connectivity index is 1.44. The molecule has 3 heterocycles. The summed E-state index contributed by atoms with van der Waals surface area (Å²) in [6, 6.07) is -1.54. The van der Waals surface area contributed by atoms with Crippen LogP contribution in [0.25, 0.3) is 0 Å². The second-order valence-corrected chi connectivity index (χ2v) is 9.88. The third kappa shape index (κ3) is 3.47. The number of amides is 7. The van der Waals surface area contributed by atoms with Crippen LogP contribution in [0.5, 0.6) is 0 Å². The lowest BCUT2D eigenvalue weighted by atomic mass is 9.72. The number of ether oxygens (including phenoxy) is 1. The fourth-order valence-electron chi connectivity index (χ4n) is 5.09. The minimum Gasteiger partial charge on any atom is -0.375 e. The van der Waals surface area contributed by atoms with E-state index in [2.05, 4.69) is 0 Å². The summed E-state index contributed by atoms with van der Waals surface area (Å²) in [6.45, 7) is 4.49. The Morgan fingerprint density at radius 2 is 1.72 bits per heavy atom. The zero-order valence-corrected chi connectivity index (χ0v) is 19.0. The van der Waals surface area contributed by atoms with Crippen molar-refractivity contribution in [3.63, 3.8) is 0 Å². The van der Waals surface area contributed by atoms with Crippen molar-refractivity contribution < 1.29 is 32.6 Å².